The first-order chi connectivity index (χ1) is 12.1. The van der Waals surface area contributed by atoms with Crippen LogP contribution in [0.4, 0.5) is 0 Å². The third-order valence-corrected chi connectivity index (χ3v) is 3.52. The Bertz CT molecular complexity index is 637. The Balaban J connectivity index is 1.57. The number of pyridine rings is 1. The van der Waals surface area contributed by atoms with Crippen LogP contribution < -0.4 is 20.9 Å². The molecule has 7 heteroatoms. The molecule has 2 rings (SSSR count). The van der Waals surface area contributed by atoms with Gasteiger partial charge in [-0.25, -0.2) is 4.98 Å². The summed E-state index contributed by atoms with van der Waals surface area (Å²) in [6.45, 7) is 1.21. The lowest BCUT2D eigenvalue weighted by Crippen LogP contribution is -2.11. The minimum Gasteiger partial charge on any atom is -0.494 e. The van der Waals surface area contributed by atoms with Crippen molar-refractivity contribution in [3.05, 3.63) is 53.7 Å². The molecule has 0 fully saturated rings. The third kappa shape index (κ3) is 6.14. The van der Waals surface area contributed by atoms with E-state index in [0.717, 1.165) is 25.0 Å². The predicted octanol–water partition coefficient (Wildman–Crippen LogP) is 2.28. The lowest BCUT2D eigenvalue weighted by molar-refractivity contribution is 0.274. The van der Waals surface area contributed by atoms with Crippen LogP contribution in [0.3, 0.4) is 0 Å². The molecule has 0 saturated carbocycles. The van der Waals surface area contributed by atoms with Crippen molar-refractivity contribution in [2.75, 3.05) is 13.2 Å². The van der Waals surface area contributed by atoms with Crippen molar-refractivity contribution < 1.29 is 9.47 Å². The number of benzene rings is 1. The van der Waals surface area contributed by atoms with Gasteiger partial charge in [0.1, 0.15) is 17.4 Å². The molecule has 1 aromatic heterocycles. The number of rotatable bonds is 10. The minimum absolute atomic E-state index is 0.00464. The van der Waals surface area contributed by atoms with Gasteiger partial charge in [-0.3, -0.25) is 10.8 Å². The highest BCUT2D eigenvalue weighted by Crippen LogP contribution is 2.13. The molecule has 0 aliphatic heterocycles. The molecule has 0 saturated heterocycles. The largest absolute Gasteiger partial charge is 0.494 e. The summed E-state index contributed by atoms with van der Waals surface area (Å²) in [5, 5.41) is 14.6. The van der Waals surface area contributed by atoms with E-state index in [-0.39, 0.29) is 11.7 Å². The van der Waals surface area contributed by atoms with Crippen LogP contribution in [0.25, 0.3) is 0 Å². The molecule has 0 unspecified atom stereocenters. The monoisotopic (exact) mass is 341 g/mol. The molecule has 0 radical (unpaired) electrons. The van der Waals surface area contributed by atoms with Gasteiger partial charge in [-0.2, -0.15) is 0 Å². The molecule has 0 aliphatic rings. The van der Waals surface area contributed by atoms with Gasteiger partial charge >= 0.3 is 0 Å². The van der Waals surface area contributed by atoms with E-state index in [0.29, 0.717) is 30.2 Å². The number of hydrogen-bond donors (Lipinski definition) is 4. The Kier molecular flexibility index (Phi) is 6.76. The first-order valence-corrected chi connectivity index (χ1v) is 8.07. The molecule has 132 valence electrons. The topological polar surface area (TPSA) is 131 Å². The second kappa shape index (κ2) is 9.27. The lowest BCUT2D eigenvalue weighted by atomic mass is 10.2. The van der Waals surface area contributed by atoms with Crippen LogP contribution in [-0.4, -0.2) is 29.9 Å². The molecule has 0 amide bonds. The summed E-state index contributed by atoms with van der Waals surface area (Å²) in [5.74, 6) is 1.36. The van der Waals surface area contributed by atoms with Crippen LogP contribution in [0, 0.1) is 10.8 Å². The number of unbranched alkanes of at least 4 members (excludes halogenated alkanes) is 2. The van der Waals surface area contributed by atoms with Crippen molar-refractivity contribution in [2.45, 2.75) is 19.3 Å². The summed E-state index contributed by atoms with van der Waals surface area (Å²) in [4.78, 5) is 4.10. The molecular weight excluding hydrogens is 318 g/mol. The van der Waals surface area contributed by atoms with E-state index in [1.807, 2.05) is 12.1 Å². The molecular formula is C18H23N5O2. The maximum absolute atomic E-state index is 7.34. The maximum atomic E-state index is 7.34. The van der Waals surface area contributed by atoms with Crippen molar-refractivity contribution in [2.24, 2.45) is 11.5 Å². The van der Waals surface area contributed by atoms with Crippen LogP contribution in [0.5, 0.6) is 11.6 Å². The zero-order valence-corrected chi connectivity index (χ0v) is 14.0. The summed E-state index contributed by atoms with van der Waals surface area (Å²) < 4.78 is 11.2. The standard InChI is InChI=1S/C18H23N5O2/c19-17(20)13-4-7-15(8-5-13)24-10-2-1-3-11-25-16-9-6-14(12-23-16)18(21)22/h4-9,12H,1-3,10-11H2,(H3,19,20)(H3,21,22). The molecule has 1 heterocycles. The van der Waals surface area contributed by atoms with Gasteiger partial charge in [0, 0.05) is 23.4 Å². The number of aromatic nitrogens is 1. The molecule has 7 nitrogen and oxygen atoms in total. The van der Waals surface area contributed by atoms with Crippen LogP contribution in [0.15, 0.2) is 42.6 Å². The maximum Gasteiger partial charge on any atom is 0.213 e. The first-order valence-electron chi connectivity index (χ1n) is 8.07. The zero-order valence-electron chi connectivity index (χ0n) is 14.0. The SMILES string of the molecule is N=C(N)c1ccc(OCCCCCOc2ccc(C(=N)N)cn2)cc1. The fourth-order valence-electron chi connectivity index (χ4n) is 2.10. The quantitative estimate of drug-likeness (QED) is 0.299. The second-order valence-electron chi connectivity index (χ2n) is 5.49. The number of amidine groups is 2. The highest BCUT2D eigenvalue weighted by Gasteiger charge is 2.00. The van der Waals surface area contributed by atoms with E-state index in [9.17, 15) is 0 Å². The van der Waals surface area contributed by atoms with Crippen molar-refractivity contribution in [3.63, 3.8) is 0 Å². The second-order valence-corrected chi connectivity index (χ2v) is 5.49. The average molecular weight is 341 g/mol. The van der Waals surface area contributed by atoms with Crippen molar-refractivity contribution in [3.8, 4) is 11.6 Å². The number of nitrogens with two attached hydrogens (primary N) is 2. The van der Waals surface area contributed by atoms with E-state index >= 15 is 0 Å². The molecule has 1 aromatic carbocycles. The summed E-state index contributed by atoms with van der Waals surface area (Å²) in [6.07, 6.45) is 4.34. The number of hydrogen-bond acceptors (Lipinski definition) is 5. The zero-order chi connectivity index (χ0) is 18.1. The molecule has 2 aromatic rings. The van der Waals surface area contributed by atoms with Crippen LogP contribution >= 0.6 is 0 Å². The smallest absolute Gasteiger partial charge is 0.213 e. The van der Waals surface area contributed by atoms with Crippen LogP contribution in [0.2, 0.25) is 0 Å². The van der Waals surface area contributed by atoms with Gasteiger partial charge in [0.25, 0.3) is 0 Å². The van der Waals surface area contributed by atoms with Gasteiger partial charge in [0.05, 0.1) is 13.2 Å². The molecule has 0 bridgehead atoms. The fraction of sp³-hybridized carbons (Fsp3) is 0.278. The number of nitrogens with one attached hydrogen (secondary N) is 2. The first kappa shape index (κ1) is 18.3. The van der Waals surface area contributed by atoms with Crippen LogP contribution in [-0.2, 0) is 0 Å². The van der Waals surface area contributed by atoms with Crippen molar-refractivity contribution in [1.29, 1.82) is 10.8 Å². The van der Waals surface area contributed by atoms with Gasteiger partial charge in [0.2, 0.25) is 5.88 Å². The summed E-state index contributed by atoms with van der Waals surface area (Å²) >= 11 is 0. The number of nitrogens with zero attached hydrogens (tertiary/aromatic N) is 1. The van der Waals surface area contributed by atoms with E-state index in [2.05, 4.69) is 4.98 Å². The highest BCUT2D eigenvalue weighted by molar-refractivity contribution is 5.95. The molecule has 25 heavy (non-hydrogen) atoms. The summed E-state index contributed by atoms with van der Waals surface area (Å²) in [6, 6.07) is 10.6. The normalized spacial score (nSPS) is 10.2. The van der Waals surface area contributed by atoms with Gasteiger partial charge in [-0.05, 0) is 49.6 Å². The van der Waals surface area contributed by atoms with Crippen molar-refractivity contribution >= 4 is 11.7 Å². The lowest BCUT2D eigenvalue weighted by Gasteiger charge is -2.08. The van der Waals surface area contributed by atoms with Gasteiger partial charge in [-0.1, -0.05) is 0 Å². The van der Waals surface area contributed by atoms with E-state index < -0.39 is 0 Å². The predicted molar refractivity (Wildman–Crippen MR) is 97.6 cm³/mol. The Hall–Kier alpha value is -3.09. The van der Waals surface area contributed by atoms with E-state index in [1.54, 1.807) is 24.3 Å². The highest BCUT2D eigenvalue weighted by atomic mass is 16.5. The summed E-state index contributed by atoms with van der Waals surface area (Å²) in [7, 11) is 0. The van der Waals surface area contributed by atoms with Gasteiger partial charge in [-0.15, -0.1) is 0 Å². The molecule has 6 N–H and O–H groups in total. The number of nitrogen functional groups attached to an aromatic ring is 2. The number of ether oxygens (including phenoxy) is 2. The minimum atomic E-state index is -0.00464. The van der Waals surface area contributed by atoms with E-state index in [4.69, 9.17) is 31.8 Å². The Morgan fingerprint density at radius 3 is 1.96 bits per heavy atom. The molecule has 0 spiro atoms. The van der Waals surface area contributed by atoms with Gasteiger partial charge in [0.15, 0.2) is 0 Å². The van der Waals surface area contributed by atoms with E-state index in [1.165, 1.54) is 6.20 Å². The van der Waals surface area contributed by atoms with Crippen molar-refractivity contribution in [1.82, 2.24) is 4.98 Å². The Morgan fingerprint density at radius 2 is 1.40 bits per heavy atom. The third-order valence-electron chi connectivity index (χ3n) is 3.52. The van der Waals surface area contributed by atoms with Gasteiger partial charge < -0.3 is 20.9 Å². The fourth-order valence-corrected chi connectivity index (χ4v) is 2.10. The molecule has 0 aliphatic carbocycles. The van der Waals surface area contributed by atoms with Crippen LogP contribution in [0.1, 0.15) is 30.4 Å². The summed E-state index contributed by atoms with van der Waals surface area (Å²) in [5.41, 5.74) is 12.0. The molecule has 0 atom stereocenters. The average Bonchev–Trinajstić information content (AvgIpc) is 2.61. The Labute approximate surface area is 147 Å². The Morgan fingerprint density at radius 1 is 0.800 bits per heavy atom.